The van der Waals surface area contributed by atoms with Crippen LogP contribution in [0.4, 0.5) is 0 Å². The second-order valence-electron chi connectivity index (χ2n) is 7.04. The number of piperidine rings is 1. The summed E-state index contributed by atoms with van der Waals surface area (Å²) in [7, 11) is 0. The van der Waals surface area contributed by atoms with E-state index in [0.717, 1.165) is 40.1 Å². The Kier molecular flexibility index (Phi) is 5.31. The van der Waals surface area contributed by atoms with Crippen molar-refractivity contribution in [3.63, 3.8) is 0 Å². The van der Waals surface area contributed by atoms with Crippen molar-refractivity contribution in [2.24, 2.45) is 0 Å². The van der Waals surface area contributed by atoms with Gasteiger partial charge in [-0.3, -0.25) is 0 Å². The number of aliphatic hydroxyl groups is 1. The first kappa shape index (κ1) is 18.3. The molecule has 1 aliphatic heterocycles. The van der Waals surface area contributed by atoms with Gasteiger partial charge < -0.3 is 10.4 Å². The molecule has 136 valence electrons. The highest BCUT2D eigenvalue weighted by Gasteiger charge is 2.21. The third-order valence-electron chi connectivity index (χ3n) is 5.26. The number of nitrogens with one attached hydrogen (secondary N) is 1. The predicted molar refractivity (Wildman–Crippen MR) is 112 cm³/mol. The average Bonchev–Trinajstić information content (AvgIpc) is 2.62. The van der Waals surface area contributed by atoms with Crippen molar-refractivity contribution in [2.75, 3.05) is 6.54 Å². The van der Waals surface area contributed by atoms with Gasteiger partial charge in [0.25, 0.3) is 0 Å². The third-order valence-corrected chi connectivity index (χ3v) is 6.02. The zero-order valence-corrected chi connectivity index (χ0v) is 16.5. The van der Waals surface area contributed by atoms with Crippen LogP contribution in [0.3, 0.4) is 0 Å². The number of benzene rings is 3. The Morgan fingerprint density at radius 3 is 2.46 bits per heavy atom. The first-order chi connectivity index (χ1) is 12.5. The van der Waals surface area contributed by atoms with Gasteiger partial charge in [-0.05, 0) is 77.9 Å². The molecule has 0 spiro atoms. The Morgan fingerprint density at radius 1 is 0.923 bits per heavy atom. The summed E-state index contributed by atoms with van der Waals surface area (Å²) < 4.78 is 0. The van der Waals surface area contributed by atoms with E-state index in [0.29, 0.717) is 27.5 Å². The third kappa shape index (κ3) is 3.54. The van der Waals surface area contributed by atoms with Crippen molar-refractivity contribution >= 4 is 56.3 Å². The summed E-state index contributed by atoms with van der Waals surface area (Å²) in [6.45, 7) is 1.02. The molecule has 0 radical (unpaired) electrons. The zero-order valence-electron chi connectivity index (χ0n) is 14.2. The molecule has 2 atom stereocenters. The average molecular weight is 409 g/mol. The fourth-order valence-electron chi connectivity index (χ4n) is 3.98. The molecule has 0 amide bonds. The fraction of sp³-hybridized carbons (Fsp3) is 0.333. The normalized spacial score (nSPS) is 19.2. The molecule has 0 bridgehead atoms. The largest absolute Gasteiger partial charge is 0.388 e. The summed E-state index contributed by atoms with van der Waals surface area (Å²) in [6, 6.07) is 11.7. The van der Waals surface area contributed by atoms with Crippen LogP contribution in [0.15, 0.2) is 36.4 Å². The first-order valence-corrected chi connectivity index (χ1v) is 10.1. The minimum atomic E-state index is -0.564. The van der Waals surface area contributed by atoms with E-state index in [2.05, 4.69) is 5.32 Å². The first-order valence-electron chi connectivity index (χ1n) is 8.95. The second-order valence-corrected chi connectivity index (χ2v) is 8.32. The van der Waals surface area contributed by atoms with Crippen molar-refractivity contribution in [2.45, 2.75) is 37.8 Å². The van der Waals surface area contributed by atoms with Crippen LogP contribution in [0.1, 0.15) is 37.4 Å². The molecule has 1 heterocycles. The molecule has 0 saturated carbocycles. The van der Waals surface area contributed by atoms with Crippen molar-refractivity contribution in [1.29, 1.82) is 0 Å². The van der Waals surface area contributed by atoms with Crippen LogP contribution < -0.4 is 5.32 Å². The highest BCUT2D eigenvalue weighted by molar-refractivity contribution is 6.40. The lowest BCUT2D eigenvalue weighted by atomic mass is 9.90. The van der Waals surface area contributed by atoms with Gasteiger partial charge in [0, 0.05) is 26.5 Å². The zero-order chi connectivity index (χ0) is 18.3. The summed E-state index contributed by atoms with van der Waals surface area (Å²) in [5.74, 6) is 0. The molecule has 0 aromatic heterocycles. The molecule has 1 fully saturated rings. The van der Waals surface area contributed by atoms with E-state index >= 15 is 0 Å². The van der Waals surface area contributed by atoms with Crippen LogP contribution in [-0.2, 0) is 0 Å². The molecule has 3 aromatic carbocycles. The van der Waals surface area contributed by atoms with Crippen LogP contribution in [0.5, 0.6) is 0 Å². The van der Waals surface area contributed by atoms with Gasteiger partial charge in [-0.2, -0.15) is 0 Å². The summed E-state index contributed by atoms with van der Waals surface area (Å²) in [5.41, 5.74) is 0.890. The van der Waals surface area contributed by atoms with E-state index in [4.69, 9.17) is 34.8 Å². The van der Waals surface area contributed by atoms with E-state index in [1.807, 2.05) is 30.3 Å². The molecule has 0 aliphatic carbocycles. The Hall–Kier alpha value is -1.03. The van der Waals surface area contributed by atoms with Crippen molar-refractivity contribution < 1.29 is 5.11 Å². The van der Waals surface area contributed by atoms with Gasteiger partial charge in [-0.1, -0.05) is 47.3 Å². The number of rotatable bonds is 3. The summed E-state index contributed by atoms with van der Waals surface area (Å²) >= 11 is 18.9. The number of fused-ring (bicyclic) bond motifs is 3. The maximum absolute atomic E-state index is 11.0. The SMILES string of the molecule is OC(CC1CCCCN1)c1cc2c(Cl)cc(Cl)cc2c2cc(Cl)ccc12. The molecule has 4 rings (SSSR count). The molecule has 26 heavy (non-hydrogen) atoms. The van der Waals surface area contributed by atoms with E-state index in [1.54, 1.807) is 6.07 Å². The van der Waals surface area contributed by atoms with Gasteiger partial charge >= 0.3 is 0 Å². The molecule has 1 aliphatic rings. The Balaban J connectivity index is 1.87. The van der Waals surface area contributed by atoms with Crippen LogP contribution in [0.25, 0.3) is 21.5 Å². The summed E-state index contributed by atoms with van der Waals surface area (Å²) in [6.07, 6.45) is 3.65. The van der Waals surface area contributed by atoms with Crippen molar-refractivity contribution in [1.82, 2.24) is 5.32 Å². The number of aliphatic hydroxyl groups excluding tert-OH is 1. The summed E-state index contributed by atoms with van der Waals surface area (Å²) in [5, 5.41) is 20.1. The molecule has 2 unspecified atom stereocenters. The van der Waals surface area contributed by atoms with Crippen LogP contribution >= 0.6 is 34.8 Å². The molecule has 3 aromatic rings. The Labute approximate surface area is 168 Å². The molecule has 2 N–H and O–H groups in total. The standard InChI is InChI=1S/C21H20Cl3NO/c22-12-4-5-15-16(7-12)17-8-13(23)9-20(24)18(17)11-19(15)21(26)10-14-3-1-2-6-25-14/h4-5,7-9,11,14,21,25-26H,1-3,6,10H2. The molecular weight excluding hydrogens is 389 g/mol. The van der Waals surface area contributed by atoms with Gasteiger partial charge in [0.15, 0.2) is 0 Å². The maximum atomic E-state index is 11.0. The van der Waals surface area contributed by atoms with Gasteiger partial charge in [0.2, 0.25) is 0 Å². The number of hydrogen-bond acceptors (Lipinski definition) is 2. The van der Waals surface area contributed by atoms with Crippen molar-refractivity contribution in [3.05, 3.63) is 57.0 Å². The van der Waals surface area contributed by atoms with E-state index < -0.39 is 6.10 Å². The van der Waals surface area contributed by atoms with E-state index in [1.165, 1.54) is 12.8 Å². The van der Waals surface area contributed by atoms with Gasteiger partial charge in [0.05, 0.1) is 6.10 Å². The lowest BCUT2D eigenvalue weighted by Gasteiger charge is -2.26. The lowest BCUT2D eigenvalue weighted by molar-refractivity contribution is 0.146. The topological polar surface area (TPSA) is 32.3 Å². The minimum absolute atomic E-state index is 0.345. The van der Waals surface area contributed by atoms with Gasteiger partial charge in [-0.25, -0.2) is 0 Å². The van der Waals surface area contributed by atoms with Crippen LogP contribution in [0, 0.1) is 0 Å². The second kappa shape index (κ2) is 7.53. The molecule has 5 heteroatoms. The monoisotopic (exact) mass is 407 g/mol. The maximum Gasteiger partial charge on any atom is 0.0811 e. The lowest BCUT2D eigenvalue weighted by Crippen LogP contribution is -2.35. The number of halogens is 3. The molecule has 1 saturated heterocycles. The van der Waals surface area contributed by atoms with Gasteiger partial charge in [-0.15, -0.1) is 0 Å². The van der Waals surface area contributed by atoms with E-state index in [-0.39, 0.29) is 0 Å². The Morgan fingerprint density at radius 2 is 1.69 bits per heavy atom. The molecular formula is C21H20Cl3NO. The van der Waals surface area contributed by atoms with Gasteiger partial charge in [0.1, 0.15) is 0 Å². The number of hydrogen-bond donors (Lipinski definition) is 2. The van der Waals surface area contributed by atoms with Crippen molar-refractivity contribution in [3.8, 4) is 0 Å². The fourth-order valence-corrected chi connectivity index (χ4v) is 4.70. The van der Waals surface area contributed by atoms with E-state index in [9.17, 15) is 5.11 Å². The predicted octanol–water partition coefficient (Wildman–Crippen LogP) is 6.52. The van der Waals surface area contributed by atoms with Crippen LogP contribution in [0.2, 0.25) is 15.1 Å². The molecule has 2 nitrogen and oxygen atoms in total. The minimum Gasteiger partial charge on any atom is -0.388 e. The smallest absolute Gasteiger partial charge is 0.0811 e. The highest BCUT2D eigenvalue weighted by atomic mass is 35.5. The highest BCUT2D eigenvalue weighted by Crippen LogP contribution is 2.39. The summed E-state index contributed by atoms with van der Waals surface area (Å²) in [4.78, 5) is 0. The Bertz CT molecular complexity index is 967. The van der Waals surface area contributed by atoms with Crippen LogP contribution in [-0.4, -0.2) is 17.7 Å². The quantitative estimate of drug-likeness (QED) is 0.484.